The number of nitro groups is 1. The molecule has 0 aliphatic carbocycles. The zero-order valence-electron chi connectivity index (χ0n) is 14.1. The van der Waals surface area contributed by atoms with Crippen molar-refractivity contribution in [2.24, 2.45) is 22.5 Å². The summed E-state index contributed by atoms with van der Waals surface area (Å²) in [6, 6.07) is 0. The Labute approximate surface area is 140 Å². The maximum atomic E-state index is 10.8. The van der Waals surface area contributed by atoms with Gasteiger partial charge in [-0.1, -0.05) is 30.4 Å². The van der Waals surface area contributed by atoms with Gasteiger partial charge in [-0.05, 0) is 17.8 Å². The van der Waals surface area contributed by atoms with Gasteiger partial charge in [-0.2, -0.15) is 0 Å². The smallest absolute Gasteiger partial charge is 0.411 e. The molecule has 1 rings (SSSR count). The number of hydrogen-bond donors (Lipinski definition) is 3. The predicted molar refractivity (Wildman–Crippen MR) is 88.7 cm³/mol. The van der Waals surface area contributed by atoms with Crippen molar-refractivity contribution >= 4 is 11.7 Å². The van der Waals surface area contributed by atoms with Crippen LogP contribution in [-0.4, -0.2) is 44.3 Å². The van der Waals surface area contributed by atoms with Crippen molar-refractivity contribution in [3.8, 4) is 0 Å². The lowest BCUT2D eigenvalue weighted by atomic mass is 9.90. The molecule has 1 heterocycles. The molecule has 0 aromatic carbocycles. The van der Waals surface area contributed by atoms with Crippen molar-refractivity contribution in [1.82, 2.24) is 9.55 Å². The second-order valence-electron chi connectivity index (χ2n) is 5.60. The molecule has 2 atom stereocenters. The van der Waals surface area contributed by atoms with E-state index in [-0.39, 0.29) is 25.6 Å². The quantitative estimate of drug-likeness (QED) is 0.179. The Morgan fingerprint density at radius 1 is 1.67 bits per heavy atom. The fraction of sp³-hybridized carbons (Fsp3) is 0.714. The second kappa shape index (κ2) is 9.30. The highest BCUT2D eigenvalue weighted by Crippen LogP contribution is 2.20. The number of rotatable bonds is 11. The van der Waals surface area contributed by atoms with Crippen LogP contribution in [0.4, 0.5) is 5.95 Å². The number of hydrogen-bond acceptors (Lipinski definition) is 8. The zero-order chi connectivity index (χ0) is 18.2. The molecule has 0 saturated carbocycles. The van der Waals surface area contributed by atoms with Crippen LogP contribution in [0.3, 0.4) is 0 Å². The third-order valence-corrected chi connectivity index (χ3v) is 4.03. The Bertz CT molecular complexity index is 561. The third-order valence-electron chi connectivity index (χ3n) is 4.03. The van der Waals surface area contributed by atoms with Crippen molar-refractivity contribution in [3.05, 3.63) is 22.5 Å². The van der Waals surface area contributed by atoms with Gasteiger partial charge >= 0.3 is 5.95 Å². The van der Waals surface area contributed by atoms with Crippen LogP contribution < -0.4 is 11.5 Å². The van der Waals surface area contributed by atoms with E-state index in [9.17, 15) is 15.3 Å². The minimum absolute atomic E-state index is 0.0192. The molecule has 0 bridgehead atoms. The summed E-state index contributed by atoms with van der Waals surface area (Å²) in [5, 5.41) is 23.4. The van der Waals surface area contributed by atoms with Crippen LogP contribution in [0, 0.1) is 16.0 Å². The van der Waals surface area contributed by atoms with Gasteiger partial charge in [0.25, 0.3) is 0 Å². The maximum Gasteiger partial charge on any atom is 0.434 e. The molecule has 136 valence electrons. The van der Waals surface area contributed by atoms with Crippen LogP contribution in [0.2, 0.25) is 0 Å². The van der Waals surface area contributed by atoms with Crippen LogP contribution in [0.15, 0.2) is 17.5 Å². The molecule has 1 aromatic heterocycles. The number of ether oxygens (including phenoxy) is 1. The van der Waals surface area contributed by atoms with Crippen molar-refractivity contribution in [2.75, 3.05) is 13.2 Å². The molecular weight excluding hydrogens is 316 g/mol. The Balaban J connectivity index is 2.70. The molecule has 0 aliphatic rings. The molecule has 0 fully saturated rings. The molecule has 0 spiro atoms. The molecule has 2 unspecified atom stereocenters. The molecule has 10 heteroatoms. The van der Waals surface area contributed by atoms with E-state index in [1.54, 1.807) is 6.92 Å². The average molecular weight is 342 g/mol. The summed E-state index contributed by atoms with van der Waals surface area (Å²) >= 11 is 0. The van der Waals surface area contributed by atoms with E-state index in [1.807, 2.05) is 6.92 Å². The standard InChI is InChI=1S/C14H26N6O4/c1-3-4-5-12(18-21)11(2)14(16,10-15)24-9-8-19-7-6-17-13(19)20(22)23/h6-7,11,21H,3-5,8-10,15-16H2,1-2H3. The van der Waals surface area contributed by atoms with E-state index < -0.39 is 16.6 Å². The average Bonchev–Trinajstić information content (AvgIpc) is 3.03. The summed E-state index contributed by atoms with van der Waals surface area (Å²) in [6.45, 7) is 4.17. The summed E-state index contributed by atoms with van der Waals surface area (Å²) in [7, 11) is 0. The van der Waals surface area contributed by atoms with Crippen LogP contribution >= 0.6 is 0 Å². The molecule has 24 heavy (non-hydrogen) atoms. The molecule has 0 saturated heterocycles. The normalized spacial score (nSPS) is 15.9. The summed E-state index contributed by atoms with van der Waals surface area (Å²) in [6.07, 6.45) is 5.26. The van der Waals surface area contributed by atoms with Gasteiger partial charge in [0.2, 0.25) is 0 Å². The minimum Gasteiger partial charge on any atom is -0.411 e. The zero-order valence-corrected chi connectivity index (χ0v) is 14.1. The first-order valence-corrected chi connectivity index (χ1v) is 7.88. The van der Waals surface area contributed by atoms with Crippen LogP contribution in [0.5, 0.6) is 0 Å². The van der Waals surface area contributed by atoms with Gasteiger partial charge in [-0.15, -0.1) is 0 Å². The fourth-order valence-electron chi connectivity index (χ4n) is 2.34. The molecule has 1 aromatic rings. The molecule has 0 radical (unpaired) electrons. The van der Waals surface area contributed by atoms with Gasteiger partial charge in [0.05, 0.1) is 18.9 Å². The highest BCUT2D eigenvalue weighted by atomic mass is 16.6. The van der Waals surface area contributed by atoms with Crippen molar-refractivity contribution in [1.29, 1.82) is 0 Å². The van der Waals surface area contributed by atoms with E-state index in [0.717, 1.165) is 12.8 Å². The summed E-state index contributed by atoms with van der Waals surface area (Å²) in [4.78, 5) is 13.9. The lowest BCUT2D eigenvalue weighted by Crippen LogP contribution is -2.57. The Morgan fingerprint density at radius 3 is 2.92 bits per heavy atom. The monoisotopic (exact) mass is 342 g/mol. The lowest BCUT2D eigenvalue weighted by Gasteiger charge is -2.34. The van der Waals surface area contributed by atoms with Gasteiger partial charge in [0.15, 0.2) is 0 Å². The molecular formula is C14H26N6O4. The van der Waals surface area contributed by atoms with Gasteiger partial charge in [0, 0.05) is 12.5 Å². The first-order valence-electron chi connectivity index (χ1n) is 7.88. The van der Waals surface area contributed by atoms with Gasteiger partial charge in [-0.3, -0.25) is 0 Å². The fourth-order valence-corrected chi connectivity index (χ4v) is 2.34. The highest BCUT2D eigenvalue weighted by molar-refractivity contribution is 5.87. The molecule has 0 amide bonds. The minimum atomic E-state index is -1.22. The Hall–Kier alpha value is -2.04. The largest absolute Gasteiger partial charge is 0.434 e. The van der Waals surface area contributed by atoms with Crippen molar-refractivity contribution in [2.45, 2.75) is 45.4 Å². The van der Waals surface area contributed by atoms with Crippen LogP contribution in [0.1, 0.15) is 33.1 Å². The van der Waals surface area contributed by atoms with E-state index >= 15 is 0 Å². The van der Waals surface area contributed by atoms with Crippen LogP contribution in [0.25, 0.3) is 0 Å². The molecule has 10 nitrogen and oxygen atoms in total. The first-order chi connectivity index (χ1) is 11.4. The maximum absolute atomic E-state index is 10.8. The highest BCUT2D eigenvalue weighted by Gasteiger charge is 2.35. The van der Waals surface area contributed by atoms with Gasteiger partial charge in [0.1, 0.15) is 18.1 Å². The van der Waals surface area contributed by atoms with Gasteiger partial charge < -0.3 is 31.5 Å². The topological polar surface area (TPSA) is 155 Å². The van der Waals surface area contributed by atoms with E-state index in [1.165, 1.54) is 17.0 Å². The molecule has 5 N–H and O–H groups in total. The Morgan fingerprint density at radius 2 is 2.38 bits per heavy atom. The predicted octanol–water partition coefficient (Wildman–Crippen LogP) is 1.08. The molecule has 0 aliphatic heterocycles. The third kappa shape index (κ3) is 4.98. The van der Waals surface area contributed by atoms with E-state index in [0.29, 0.717) is 12.1 Å². The summed E-state index contributed by atoms with van der Waals surface area (Å²) < 4.78 is 7.06. The SMILES string of the molecule is CCCCC(=NO)C(C)C(N)(CN)OCCn1ccnc1[N+](=O)[O-]. The number of imidazole rings is 1. The van der Waals surface area contributed by atoms with Crippen molar-refractivity contribution < 1.29 is 14.9 Å². The van der Waals surface area contributed by atoms with Crippen molar-refractivity contribution in [3.63, 3.8) is 0 Å². The first kappa shape index (κ1) is 20.0. The van der Waals surface area contributed by atoms with E-state index in [4.69, 9.17) is 16.2 Å². The van der Waals surface area contributed by atoms with Gasteiger partial charge in [-0.25, -0.2) is 4.57 Å². The number of nitrogens with zero attached hydrogens (tertiary/aromatic N) is 4. The number of oxime groups is 1. The summed E-state index contributed by atoms with van der Waals surface area (Å²) in [5.74, 6) is -0.653. The second-order valence-corrected chi connectivity index (χ2v) is 5.60. The Kier molecular flexibility index (Phi) is 7.75. The lowest BCUT2D eigenvalue weighted by molar-refractivity contribution is -0.396. The number of unbranched alkanes of at least 4 members (excludes halogenated alkanes) is 1. The van der Waals surface area contributed by atoms with Crippen LogP contribution in [-0.2, 0) is 11.3 Å². The number of nitrogens with two attached hydrogens (primary N) is 2. The van der Waals surface area contributed by atoms with E-state index in [2.05, 4.69) is 10.1 Å². The summed E-state index contributed by atoms with van der Waals surface area (Å²) in [5.41, 5.74) is 11.3. The number of aromatic nitrogens is 2.